The van der Waals surface area contributed by atoms with E-state index in [2.05, 4.69) is 50.4 Å². The molecule has 1 aromatic heterocycles. The fourth-order valence-electron chi connectivity index (χ4n) is 5.59. The SMILES string of the molecule is O=C(c1cn(C2CCN(C3CCN(CCc4ccccc4)CC3)CC2)nn1)N1CCCC1. The van der Waals surface area contributed by atoms with Crippen LogP contribution in [0, 0.1) is 0 Å². The molecule has 1 aromatic carbocycles. The van der Waals surface area contributed by atoms with E-state index in [-0.39, 0.29) is 5.91 Å². The molecule has 32 heavy (non-hydrogen) atoms. The highest BCUT2D eigenvalue weighted by Gasteiger charge is 2.30. The average Bonchev–Trinajstić information content (AvgIpc) is 3.56. The van der Waals surface area contributed by atoms with Gasteiger partial charge in [0.15, 0.2) is 5.69 Å². The van der Waals surface area contributed by atoms with Gasteiger partial charge in [-0.15, -0.1) is 5.10 Å². The van der Waals surface area contributed by atoms with Crippen molar-refractivity contribution < 1.29 is 4.79 Å². The zero-order chi connectivity index (χ0) is 21.8. The molecule has 0 unspecified atom stereocenters. The van der Waals surface area contributed by atoms with Crippen LogP contribution < -0.4 is 0 Å². The summed E-state index contributed by atoms with van der Waals surface area (Å²) >= 11 is 0. The Balaban J connectivity index is 1.05. The first kappa shape index (κ1) is 21.6. The Labute approximate surface area is 191 Å². The molecule has 7 heteroatoms. The number of carbonyl (C=O) groups excluding carboxylic acids is 1. The standard InChI is InChI=1S/C25H36N6O/c32-25(30-13-4-5-14-30)24-20-31(27-26-24)23-11-18-29(19-12-23)22-9-16-28(17-10-22)15-8-21-6-2-1-3-7-21/h1-3,6-7,20,22-23H,4-5,8-19H2. The lowest BCUT2D eigenvalue weighted by Gasteiger charge is -2.41. The fourth-order valence-corrected chi connectivity index (χ4v) is 5.59. The molecule has 0 bridgehead atoms. The van der Waals surface area contributed by atoms with E-state index in [0.29, 0.717) is 17.8 Å². The number of rotatable bonds is 6. The van der Waals surface area contributed by atoms with Crippen LogP contribution in [0.25, 0.3) is 0 Å². The van der Waals surface area contributed by atoms with Crippen molar-refractivity contribution in [3.05, 3.63) is 47.8 Å². The lowest BCUT2D eigenvalue weighted by atomic mass is 9.97. The van der Waals surface area contributed by atoms with Crippen LogP contribution in [0.3, 0.4) is 0 Å². The van der Waals surface area contributed by atoms with Gasteiger partial charge in [-0.1, -0.05) is 35.5 Å². The normalized spacial score (nSPS) is 21.9. The number of likely N-dealkylation sites (tertiary alicyclic amines) is 3. The van der Waals surface area contributed by atoms with Gasteiger partial charge in [-0.25, -0.2) is 4.68 Å². The largest absolute Gasteiger partial charge is 0.337 e. The number of carbonyl (C=O) groups is 1. The summed E-state index contributed by atoms with van der Waals surface area (Å²) in [6.45, 7) is 7.54. The first-order valence-electron chi connectivity index (χ1n) is 12.5. The minimum absolute atomic E-state index is 0.0465. The van der Waals surface area contributed by atoms with Crippen molar-refractivity contribution in [2.75, 3.05) is 45.8 Å². The molecule has 3 aliphatic heterocycles. The predicted molar refractivity (Wildman–Crippen MR) is 125 cm³/mol. The molecule has 2 aromatic rings. The first-order chi connectivity index (χ1) is 15.8. The molecule has 5 rings (SSSR count). The molecule has 3 fully saturated rings. The molecule has 172 valence electrons. The molecule has 7 nitrogen and oxygen atoms in total. The zero-order valence-electron chi connectivity index (χ0n) is 19.1. The molecule has 3 aliphatic rings. The van der Waals surface area contributed by atoms with Gasteiger partial charge >= 0.3 is 0 Å². The lowest BCUT2D eigenvalue weighted by Crippen LogP contribution is -2.48. The minimum atomic E-state index is 0.0465. The van der Waals surface area contributed by atoms with Gasteiger partial charge < -0.3 is 14.7 Å². The quantitative estimate of drug-likeness (QED) is 0.697. The van der Waals surface area contributed by atoms with Crippen LogP contribution in [0.5, 0.6) is 0 Å². The van der Waals surface area contributed by atoms with Gasteiger partial charge in [0, 0.05) is 38.8 Å². The Bertz CT molecular complexity index is 862. The summed E-state index contributed by atoms with van der Waals surface area (Å²) in [6, 6.07) is 11.9. The third-order valence-electron chi connectivity index (χ3n) is 7.63. The molecular weight excluding hydrogens is 400 g/mol. The monoisotopic (exact) mass is 436 g/mol. The summed E-state index contributed by atoms with van der Waals surface area (Å²) in [4.78, 5) is 19.8. The van der Waals surface area contributed by atoms with Gasteiger partial charge in [0.25, 0.3) is 5.91 Å². The van der Waals surface area contributed by atoms with Crippen LogP contribution in [0.1, 0.15) is 60.6 Å². The number of aromatic nitrogens is 3. The molecular formula is C25H36N6O. The van der Waals surface area contributed by atoms with Crippen molar-refractivity contribution in [1.29, 1.82) is 0 Å². The number of benzene rings is 1. The molecule has 4 heterocycles. The Morgan fingerprint density at radius 3 is 2.28 bits per heavy atom. The van der Waals surface area contributed by atoms with Crippen LogP contribution in [0.4, 0.5) is 0 Å². The Morgan fingerprint density at radius 1 is 0.875 bits per heavy atom. The van der Waals surface area contributed by atoms with Crippen molar-refractivity contribution in [3.63, 3.8) is 0 Å². The van der Waals surface area contributed by atoms with E-state index < -0.39 is 0 Å². The Kier molecular flexibility index (Phi) is 6.83. The third kappa shape index (κ3) is 5.04. The van der Waals surface area contributed by atoms with Gasteiger partial charge in [-0.05, 0) is 63.6 Å². The van der Waals surface area contributed by atoms with Gasteiger partial charge in [0.2, 0.25) is 0 Å². The van der Waals surface area contributed by atoms with Crippen LogP contribution in [-0.2, 0) is 6.42 Å². The second-order valence-electron chi connectivity index (χ2n) is 9.66. The van der Waals surface area contributed by atoms with Gasteiger partial charge in [0.05, 0.1) is 12.2 Å². The molecule has 0 aliphatic carbocycles. The minimum Gasteiger partial charge on any atom is -0.337 e. The average molecular weight is 437 g/mol. The summed E-state index contributed by atoms with van der Waals surface area (Å²) in [5.41, 5.74) is 1.95. The van der Waals surface area contributed by atoms with Crippen LogP contribution in [-0.4, -0.2) is 87.5 Å². The topological polar surface area (TPSA) is 57.5 Å². The molecule has 0 spiro atoms. The summed E-state index contributed by atoms with van der Waals surface area (Å²) in [5.74, 6) is 0.0465. The molecule has 0 radical (unpaired) electrons. The van der Waals surface area contributed by atoms with Gasteiger partial charge in [-0.2, -0.15) is 0 Å². The summed E-state index contributed by atoms with van der Waals surface area (Å²) in [6.07, 6.45) is 9.97. The van der Waals surface area contributed by atoms with Crippen molar-refractivity contribution in [2.24, 2.45) is 0 Å². The summed E-state index contributed by atoms with van der Waals surface area (Å²) < 4.78 is 1.95. The number of hydrogen-bond donors (Lipinski definition) is 0. The smallest absolute Gasteiger partial charge is 0.276 e. The highest BCUT2D eigenvalue weighted by Crippen LogP contribution is 2.27. The van der Waals surface area contributed by atoms with Crippen LogP contribution >= 0.6 is 0 Å². The number of hydrogen-bond acceptors (Lipinski definition) is 5. The van der Waals surface area contributed by atoms with E-state index in [0.717, 1.165) is 58.3 Å². The van der Waals surface area contributed by atoms with Crippen LogP contribution in [0.15, 0.2) is 36.5 Å². The summed E-state index contributed by atoms with van der Waals surface area (Å²) in [5, 5.41) is 8.51. The molecule has 0 saturated carbocycles. The Morgan fingerprint density at radius 2 is 1.56 bits per heavy atom. The second-order valence-corrected chi connectivity index (χ2v) is 9.66. The van der Waals surface area contributed by atoms with E-state index >= 15 is 0 Å². The highest BCUT2D eigenvalue weighted by molar-refractivity contribution is 5.92. The number of piperidine rings is 2. The van der Waals surface area contributed by atoms with Crippen LogP contribution in [0.2, 0.25) is 0 Å². The van der Waals surface area contributed by atoms with Gasteiger partial charge in [0.1, 0.15) is 0 Å². The summed E-state index contributed by atoms with van der Waals surface area (Å²) in [7, 11) is 0. The maximum atomic E-state index is 12.6. The molecule has 0 N–H and O–H groups in total. The van der Waals surface area contributed by atoms with Gasteiger partial charge in [-0.3, -0.25) is 4.79 Å². The van der Waals surface area contributed by atoms with E-state index in [1.54, 1.807) is 0 Å². The Hall–Kier alpha value is -2.25. The van der Waals surface area contributed by atoms with E-state index in [9.17, 15) is 4.79 Å². The predicted octanol–water partition coefficient (Wildman–Crippen LogP) is 2.86. The number of nitrogens with zero attached hydrogens (tertiary/aromatic N) is 6. The first-order valence-corrected chi connectivity index (χ1v) is 12.5. The fraction of sp³-hybridized carbons (Fsp3) is 0.640. The van der Waals surface area contributed by atoms with Crippen molar-refractivity contribution in [3.8, 4) is 0 Å². The van der Waals surface area contributed by atoms with E-state index in [1.807, 2.05) is 15.8 Å². The molecule has 3 saturated heterocycles. The van der Waals surface area contributed by atoms with E-state index in [1.165, 1.54) is 38.0 Å². The molecule has 1 amide bonds. The maximum absolute atomic E-state index is 12.6. The van der Waals surface area contributed by atoms with E-state index in [4.69, 9.17) is 0 Å². The van der Waals surface area contributed by atoms with Crippen molar-refractivity contribution in [1.82, 2.24) is 29.7 Å². The lowest BCUT2D eigenvalue weighted by molar-refractivity contribution is 0.0773. The maximum Gasteiger partial charge on any atom is 0.276 e. The zero-order valence-corrected chi connectivity index (χ0v) is 19.1. The van der Waals surface area contributed by atoms with Crippen molar-refractivity contribution in [2.45, 2.75) is 57.0 Å². The highest BCUT2D eigenvalue weighted by atomic mass is 16.2. The van der Waals surface area contributed by atoms with Crippen molar-refractivity contribution >= 4 is 5.91 Å². The number of amides is 1. The molecule has 0 atom stereocenters. The third-order valence-corrected chi connectivity index (χ3v) is 7.63. The second kappa shape index (κ2) is 10.1.